The second-order valence-corrected chi connectivity index (χ2v) is 4.80. The molecule has 0 aliphatic rings. The monoisotopic (exact) mass is 302 g/mol. The summed E-state index contributed by atoms with van der Waals surface area (Å²) in [6, 6.07) is 16.3. The molecular weight excluding hydrogens is 288 g/mol. The van der Waals surface area contributed by atoms with Crippen molar-refractivity contribution in [1.82, 2.24) is 5.43 Å². The zero-order valence-corrected chi connectivity index (χ0v) is 12.2. The summed E-state index contributed by atoms with van der Waals surface area (Å²) in [6.45, 7) is 1.66. The third-order valence-corrected chi connectivity index (χ3v) is 2.90. The van der Waals surface area contributed by atoms with Crippen molar-refractivity contribution in [3.63, 3.8) is 0 Å². The van der Waals surface area contributed by atoms with Gasteiger partial charge in [0.1, 0.15) is 5.75 Å². The minimum absolute atomic E-state index is 0.322. The largest absolute Gasteiger partial charge is 0.481 e. The molecule has 0 saturated carbocycles. The number of hydrogen-bond acceptors (Lipinski definition) is 3. The number of amides is 1. The molecule has 21 heavy (non-hydrogen) atoms. The fourth-order valence-electron chi connectivity index (χ4n) is 1.60. The Bertz CT molecular complexity index is 629. The van der Waals surface area contributed by atoms with E-state index in [1.54, 1.807) is 31.2 Å². The van der Waals surface area contributed by atoms with Crippen molar-refractivity contribution in [3.05, 3.63) is 65.2 Å². The number of halogens is 1. The van der Waals surface area contributed by atoms with Crippen LogP contribution >= 0.6 is 11.6 Å². The molecule has 0 aliphatic carbocycles. The number of carbonyl (C=O) groups excluding carboxylic acids is 1. The maximum atomic E-state index is 11.8. The smallest absolute Gasteiger partial charge is 0.280 e. The third kappa shape index (κ3) is 4.93. The predicted molar refractivity (Wildman–Crippen MR) is 83.7 cm³/mol. The molecule has 0 saturated heterocycles. The Kier molecular flexibility index (Phi) is 5.35. The molecule has 1 unspecified atom stereocenters. The molecule has 0 bridgehead atoms. The minimum atomic E-state index is -0.635. The second-order valence-electron chi connectivity index (χ2n) is 4.36. The van der Waals surface area contributed by atoms with Crippen LogP contribution in [0.2, 0.25) is 5.02 Å². The van der Waals surface area contributed by atoms with Gasteiger partial charge in [0.05, 0.1) is 6.21 Å². The first-order chi connectivity index (χ1) is 10.1. The average molecular weight is 303 g/mol. The third-order valence-electron chi connectivity index (χ3n) is 2.66. The van der Waals surface area contributed by atoms with Gasteiger partial charge in [-0.15, -0.1) is 0 Å². The molecule has 0 fully saturated rings. The first-order valence-electron chi connectivity index (χ1n) is 6.45. The Hall–Kier alpha value is -2.33. The van der Waals surface area contributed by atoms with Crippen LogP contribution in [0.15, 0.2) is 59.7 Å². The summed E-state index contributed by atoms with van der Waals surface area (Å²) >= 11 is 5.86. The second kappa shape index (κ2) is 7.45. The van der Waals surface area contributed by atoms with Gasteiger partial charge in [-0.1, -0.05) is 41.9 Å². The van der Waals surface area contributed by atoms with E-state index in [9.17, 15) is 4.79 Å². The van der Waals surface area contributed by atoms with Crippen LogP contribution in [0.4, 0.5) is 0 Å². The number of rotatable bonds is 5. The SMILES string of the molecule is CC(Oc1ccccc1)C(=O)N/N=C/c1cccc(Cl)c1. The molecule has 0 spiro atoms. The molecule has 1 amide bonds. The van der Waals surface area contributed by atoms with Crippen molar-refractivity contribution >= 4 is 23.7 Å². The molecule has 1 atom stereocenters. The van der Waals surface area contributed by atoms with Crippen molar-refractivity contribution in [1.29, 1.82) is 0 Å². The van der Waals surface area contributed by atoms with Crippen LogP contribution in [-0.2, 0) is 4.79 Å². The van der Waals surface area contributed by atoms with E-state index in [2.05, 4.69) is 10.5 Å². The van der Waals surface area contributed by atoms with E-state index in [1.807, 2.05) is 30.3 Å². The van der Waals surface area contributed by atoms with Crippen LogP contribution in [0, 0.1) is 0 Å². The maximum Gasteiger partial charge on any atom is 0.280 e. The molecular formula is C16H15ClN2O2. The maximum absolute atomic E-state index is 11.8. The molecule has 0 aliphatic heterocycles. The highest BCUT2D eigenvalue weighted by Crippen LogP contribution is 2.11. The van der Waals surface area contributed by atoms with Crippen molar-refractivity contribution < 1.29 is 9.53 Å². The van der Waals surface area contributed by atoms with E-state index in [0.29, 0.717) is 10.8 Å². The van der Waals surface area contributed by atoms with Crippen LogP contribution in [0.25, 0.3) is 0 Å². The van der Waals surface area contributed by atoms with Crippen LogP contribution < -0.4 is 10.2 Å². The van der Waals surface area contributed by atoms with Gasteiger partial charge in [0.15, 0.2) is 6.10 Å². The highest BCUT2D eigenvalue weighted by atomic mass is 35.5. The van der Waals surface area contributed by atoms with Gasteiger partial charge in [0, 0.05) is 5.02 Å². The lowest BCUT2D eigenvalue weighted by molar-refractivity contribution is -0.127. The molecule has 108 valence electrons. The Morgan fingerprint density at radius 1 is 1.24 bits per heavy atom. The first-order valence-corrected chi connectivity index (χ1v) is 6.83. The van der Waals surface area contributed by atoms with Gasteiger partial charge in [0.2, 0.25) is 0 Å². The van der Waals surface area contributed by atoms with Gasteiger partial charge in [-0.25, -0.2) is 5.43 Å². The molecule has 2 rings (SSSR count). The van der Waals surface area contributed by atoms with Crippen molar-refractivity contribution in [2.24, 2.45) is 5.10 Å². The van der Waals surface area contributed by atoms with Crippen LogP contribution in [0.5, 0.6) is 5.75 Å². The minimum Gasteiger partial charge on any atom is -0.481 e. The lowest BCUT2D eigenvalue weighted by Gasteiger charge is -2.12. The van der Waals surface area contributed by atoms with Gasteiger partial charge in [-0.2, -0.15) is 5.10 Å². The summed E-state index contributed by atoms with van der Waals surface area (Å²) in [5, 5.41) is 4.50. The van der Waals surface area contributed by atoms with E-state index < -0.39 is 6.10 Å². The standard InChI is InChI=1S/C16H15ClN2O2/c1-12(21-15-8-3-2-4-9-15)16(20)19-18-11-13-6-5-7-14(17)10-13/h2-12H,1H3,(H,19,20)/b18-11+. The van der Waals surface area contributed by atoms with Crippen molar-refractivity contribution in [2.45, 2.75) is 13.0 Å². The Labute approximate surface area is 128 Å². The van der Waals surface area contributed by atoms with Gasteiger partial charge < -0.3 is 4.74 Å². The molecule has 0 aromatic heterocycles. The number of nitrogens with zero attached hydrogens (tertiary/aromatic N) is 1. The lowest BCUT2D eigenvalue weighted by Crippen LogP contribution is -2.33. The molecule has 0 heterocycles. The fourth-order valence-corrected chi connectivity index (χ4v) is 1.80. The summed E-state index contributed by atoms with van der Waals surface area (Å²) < 4.78 is 5.49. The quantitative estimate of drug-likeness (QED) is 0.681. The van der Waals surface area contributed by atoms with Crippen LogP contribution in [-0.4, -0.2) is 18.2 Å². The Morgan fingerprint density at radius 2 is 2.00 bits per heavy atom. The van der Waals surface area contributed by atoms with Crippen molar-refractivity contribution in [2.75, 3.05) is 0 Å². The lowest BCUT2D eigenvalue weighted by atomic mass is 10.2. The van der Waals surface area contributed by atoms with E-state index in [4.69, 9.17) is 16.3 Å². The zero-order chi connectivity index (χ0) is 15.1. The van der Waals surface area contributed by atoms with Gasteiger partial charge in [0.25, 0.3) is 5.91 Å². The number of ether oxygens (including phenoxy) is 1. The van der Waals surface area contributed by atoms with Crippen LogP contribution in [0.1, 0.15) is 12.5 Å². The van der Waals surface area contributed by atoms with E-state index in [0.717, 1.165) is 5.56 Å². The van der Waals surface area contributed by atoms with Gasteiger partial charge in [-0.05, 0) is 36.8 Å². The summed E-state index contributed by atoms with van der Waals surface area (Å²) in [4.78, 5) is 11.8. The van der Waals surface area contributed by atoms with Crippen LogP contribution in [0.3, 0.4) is 0 Å². The summed E-state index contributed by atoms with van der Waals surface area (Å²) in [6.07, 6.45) is 0.892. The summed E-state index contributed by atoms with van der Waals surface area (Å²) in [5.74, 6) is 0.316. The molecule has 4 nitrogen and oxygen atoms in total. The zero-order valence-electron chi connectivity index (χ0n) is 11.5. The van der Waals surface area contributed by atoms with E-state index in [-0.39, 0.29) is 5.91 Å². The number of hydrogen-bond donors (Lipinski definition) is 1. The fraction of sp³-hybridized carbons (Fsp3) is 0.125. The number of carbonyl (C=O) groups is 1. The Morgan fingerprint density at radius 3 is 2.71 bits per heavy atom. The molecule has 2 aromatic rings. The predicted octanol–water partition coefficient (Wildman–Crippen LogP) is 3.26. The molecule has 1 N–H and O–H groups in total. The summed E-state index contributed by atoms with van der Waals surface area (Å²) in [5.41, 5.74) is 3.24. The van der Waals surface area contributed by atoms with E-state index >= 15 is 0 Å². The average Bonchev–Trinajstić information content (AvgIpc) is 2.48. The summed E-state index contributed by atoms with van der Waals surface area (Å²) in [7, 11) is 0. The van der Waals surface area contributed by atoms with E-state index in [1.165, 1.54) is 6.21 Å². The number of para-hydroxylation sites is 1. The first kappa shape index (κ1) is 15.1. The normalized spacial score (nSPS) is 12.1. The number of benzene rings is 2. The number of nitrogens with one attached hydrogen (secondary N) is 1. The highest BCUT2D eigenvalue weighted by Gasteiger charge is 2.13. The highest BCUT2D eigenvalue weighted by molar-refractivity contribution is 6.30. The van der Waals surface area contributed by atoms with Gasteiger partial charge in [-0.3, -0.25) is 4.79 Å². The van der Waals surface area contributed by atoms with Gasteiger partial charge >= 0.3 is 0 Å². The molecule has 5 heteroatoms. The number of hydrazone groups is 1. The van der Waals surface area contributed by atoms with Crippen molar-refractivity contribution in [3.8, 4) is 5.75 Å². The molecule has 2 aromatic carbocycles. The Balaban J connectivity index is 1.86. The molecule has 0 radical (unpaired) electrons. The topological polar surface area (TPSA) is 50.7 Å².